The third-order valence-electron chi connectivity index (χ3n) is 7.40. The number of ether oxygens (including phenoxy) is 1. The van der Waals surface area contributed by atoms with Crippen LogP contribution in [-0.2, 0) is 20.9 Å². The zero-order valence-electron chi connectivity index (χ0n) is 24.5. The Bertz CT molecular complexity index is 1690. The van der Waals surface area contributed by atoms with Gasteiger partial charge in [0, 0.05) is 32.0 Å². The maximum atomic E-state index is 14.2. The van der Waals surface area contributed by atoms with Gasteiger partial charge in [0.2, 0.25) is 5.91 Å². The fraction of sp³-hybridized carbons (Fsp3) is 0.176. The smallest absolute Gasteiger partial charge is 0.299 e. The van der Waals surface area contributed by atoms with Crippen molar-refractivity contribution in [3.8, 4) is 5.75 Å². The van der Waals surface area contributed by atoms with E-state index < -0.39 is 41.9 Å². The van der Waals surface area contributed by atoms with Crippen molar-refractivity contribution in [2.45, 2.75) is 12.6 Å². The summed E-state index contributed by atoms with van der Waals surface area (Å²) in [6, 6.07) is 24.8. The van der Waals surface area contributed by atoms with Crippen LogP contribution in [0.5, 0.6) is 5.75 Å². The minimum Gasteiger partial charge on any atom is -0.497 e. The Balaban J connectivity index is 1.54. The van der Waals surface area contributed by atoms with E-state index in [1.54, 1.807) is 54.6 Å². The Hall–Kier alpha value is -5.51. The number of fused-ring (bicyclic) bond motifs is 1. The molecule has 0 unspecified atom stereocenters. The number of amides is 3. The molecule has 4 aromatic rings. The number of anilines is 3. The van der Waals surface area contributed by atoms with Gasteiger partial charge < -0.3 is 19.9 Å². The molecule has 0 spiro atoms. The molecule has 1 heterocycles. The number of nitrogens with one attached hydrogen (secondary N) is 1. The number of hydrogen-bond donors (Lipinski definition) is 1. The summed E-state index contributed by atoms with van der Waals surface area (Å²) >= 11 is 0. The summed E-state index contributed by atoms with van der Waals surface area (Å²) < 4.78 is 19.1. The van der Waals surface area contributed by atoms with E-state index >= 15 is 0 Å². The number of para-hydroxylation sites is 1. The SMILES string of the molecule is COc1ccc([C@@H](C(=O)Nc2ccc(N(C)C)cc2)N(Cc2ccc(F)cc2)C(=O)CN2C(=O)C(=O)c3ccccc32)cc1. The molecule has 0 radical (unpaired) electrons. The van der Waals surface area contributed by atoms with Crippen molar-refractivity contribution in [3.63, 3.8) is 0 Å². The summed E-state index contributed by atoms with van der Waals surface area (Å²) in [4.78, 5) is 58.2. The van der Waals surface area contributed by atoms with Crippen LogP contribution >= 0.6 is 0 Å². The zero-order chi connectivity index (χ0) is 31.4. The lowest BCUT2D eigenvalue weighted by Gasteiger charge is -2.33. The first-order valence-electron chi connectivity index (χ1n) is 13.9. The molecule has 1 N–H and O–H groups in total. The van der Waals surface area contributed by atoms with Gasteiger partial charge in [0.1, 0.15) is 24.2 Å². The summed E-state index contributed by atoms with van der Waals surface area (Å²) in [5.41, 5.74) is 3.03. The maximum absolute atomic E-state index is 14.2. The van der Waals surface area contributed by atoms with Crippen LogP contribution in [0.4, 0.5) is 21.5 Å². The molecule has 1 aliphatic rings. The van der Waals surface area contributed by atoms with E-state index in [4.69, 9.17) is 4.74 Å². The van der Waals surface area contributed by atoms with Crippen LogP contribution in [0, 0.1) is 5.82 Å². The second-order valence-electron chi connectivity index (χ2n) is 10.5. The fourth-order valence-corrected chi connectivity index (χ4v) is 5.05. The average Bonchev–Trinajstić information content (AvgIpc) is 3.27. The van der Waals surface area contributed by atoms with Crippen LogP contribution < -0.4 is 19.9 Å². The normalized spacial score (nSPS) is 12.9. The fourth-order valence-electron chi connectivity index (χ4n) is 5.05. The number of carbonyl (C=O) groups excluding carboxylic acids is 4. The van der Waals surface area contributed by atoms with Crippen LogP contribution in [0.15, 0.2) is 97.1 Å². The molecule has 3 amide bonds. The number of rotatable bonds is 10. The number of benzene rings is 4. The van der Waals surface area contributed by atoms with Gasteiger partial charge in [0.25, 0.3) is 17.6 Å². The molecule has 10 heteroatoms. The number of nitrogens with zero attached hydrogens (tertiary/aromatic N) is 3. The second kappa shape index (κ2) is 12.8. The minimum atomic E-state index is -1.17. The molecule has 0 aromatic heterocycles. The Morgan fingerprint density at radius 1 is 0.886 bits per heavy atom. The number of methoxy groups -OCH3 is 1. The van der Waals surface area contributed by atoms with Gasteiger partial charge in [-0.05, 0) is 71.8 Å². The van der Waals surface area contributed by atoms with Crippen LogP contribution in [0.25, 0.3) is 0 Å². The van der Waals surface area contributed by atoms with Gasteiger partial charge in [-0.15, -0.1) is 0 Å². The number of halogens is 1. The van der Waals surface area contributed by atoms with Crippen LogP contribution in [-0.4, -0.2) is 56.2 Å². The molecule has 0 saturated heterocycles. The summed E-state index contributed by atoms with van der Waals surface area (Å²) in [5, 5.41) is 2.91. The molecule has 0 bridgehead atoms. The van der Waals surface area contributed by atoms with Crippen LogP contribution in [0.1, 0.15) is 27.5 Å². The average molecular weight is 595 g/mol. The molecule has 1 aliphatic heterocycles. The van der Waals surface area contributed by atoms with E-state index in [9.17, 15) is 23.6 Å². The molecular weight excluding hydrogens is 563 g/mol. The summed E-state index contributed by atoms with van der Waals surface area (Å²) in [6.07, 6.45) is 0. The third kappa shape index (κ3) is 6.29. The van der Waals surface area contributed by atoms with Gasteiger partial charge >= 0.3 is 0 Å². The summed E-state index contributed by atoms with van der Waals surface area (Å²) in [5.74, 6) is -2.52. The van der Waals surface area contributed by atoms with E-state index in [-0.39, 0.29) is 12.1 Å². The van der Waals surface area contributed by atoms with Gasteiger partial charge in [-0.3, -0.25) is 24.1 Å². The Morgan fingerprint density at radius 2 is 1.55 bits per heavy atom. The monoisotopic (exact) mass is 594 g/mol. The summed E-state index contributed by atoms with van der Waals surface area (Å²) in [7, 11) is 5.33. The quantitative estimate of drug-likeness (QED) is 0.264. The molecule has 5 rings (SSSR count). The van der Waals surface area contributed by atoms with Gasteiger partial charge in [-0.1, -0.05) is 36.4 Å². The highest BCUT2D eigenvalue weighted by atomic mass is 19.1. The first kappa shape index (κ1) is 30.0. The molecule has 44 heavy (non-hydrogen) atoms. The predicted octanol–water partition coefficient (Wildman–Crippen LogP) is 4.84. The van der Waals surface area contributed by atoms with Crippen molar-refractivity contribution < 1.29 is 28.3 Å². The molecule has 4 aromatic carbocycles. The largest absolute Gasteiger partial charge is 0.497 e. The Kier molecular flexibility index (Phi) is 8.71. The van der Waals surface area contributed by atoms with Crippen LogP contribution in [0.3, 0.4) is 0 Å². The second-order valence-corrected chi connectivity index (χ2v) is 10.5. The number of hydrogen-bond acceptors (Lipinski definition) is 6. The van der Waals surface area contributed by atoms with Crippen molar-refractivity contribution in [2.75, 3.05) is 42.9 Å². The van der Waals surface area contributed by atoms with Crippen LogP contribution in [0.2, 0.25) is 0 Å². The van der Waals surface area contributed by atoms with E-state index in [0.717, 1.165) is 10.6 Å². The van der Waals surface area contributed by atoms with E-state index in [2.05, 4.69) is 5.32 Å². The van der Waals surface area contributed by atoms with Gasteiger partial charge in [-0.25, -0.2) is 4.39 Å². The Labute approximate surface area is 254 Å². The third-order valence-corrected chi connectivity index (χ3v) is 7.40. The highest BCUT2D eigenvalue weighted by Gasteiger charge is 2.39. The standard InChI is InChI=1S/C34H31FN4O5/c1-37(2)26-16-14-25(15-17-26)36-33(42)31(23-10-18-27(44-3)19-11-23)39(20-22-8-12-24(35)13-9-22)30(40)21-38-29-7-5-4-6-28(29)32(41)34(38)43/h4-19,31H,20-21H2,1-3H3,(H,36,42)/t31-/m0/s1. The van der Waals surface area contributed by atoms with Crippen molar-refractivity contribution >= 4 is 40.6 Å². The highest BCUT2D eigenvalue weighted by molar-refractivity contribution is 6.52. The molecular formula is C34H31FN4O5. The van der Waals surface area contributed by atoms with E-state index in [1.807, 2.05) is 31.1 Å². The number of carbonyl (C=O) groups is 4. The number of ketones is 1. The van der Waals surface area contributed by atoms with Crippen molar-refractivity contribution in [1.29, 1.82) is 0 Å². The van der Waals surface area contributed by atoms with Crippen molar-refractivity contribution in [2.24, 2.45) is 0 Å². The lowest BCUT2D eigenvalue weighted by atomic mass is 10.0. The maximum Gasteiger partial charge on any atom is 0.299 e. The van der Waals surface area contributed by atoms with Gasteiger partial charge in [0.15, 0.2) is 0 Å². The lowest BCUT2D eigenvalue weighted by Crippen LogP contribution is -2.46. The van der Waals surface area contributed by atoms with Gasteiger partial charge in [0.05, 0.1) is 18.4 Å². The van der Waals surface area contributed by atoms with Crippen molar-refractivity contribution in [3.05, 3.63) is 120 Å². The topological polar surface area (TPSA) is 99.3 Å². The minimum absolute atomic E-state index is 0.0829. The van der Waals surface area contributed by atoms with E-state index in [0.29, 0.717) is 28.3 Å². The lowest BCUT2D eigenvalue weighted by molar-refractivity contribution is -0.139. The Morgan fingerprint density at radius 3 is 2.18 bits per heavy atom. The highest BCUT2D eigenvalue weighted by Crippen LogP contribution is 2.31. The van der Waals surface area contributed by atoms with E-state index in [1.165, 1.54) is 42.3 Å². The predicted molar refractivity (Wildman–Crippen MR) is 165 cm³/mol. The first-order chi connectivity index (χ1) is 21.2. The molecule has 0 aliphatic carbocycles. The van der Waals surface area contributed by atoms with Gasteiger partial charge in [-0.2, -0.15) is 0 Å². The molecule has 9 nitrogen and oxygen atoms in total. The molecule has 0 saturated carbocycles. The van der Waals surface area contributed by atoms with Crippen molar-refractivity contribution in [1.82, 2.24) is 4.90 Å². The summed E-state index contributed by atoms with van der Waals surface area (Å²) in [6.45, 7) is -0.569. The number of Topliss-reactive ketones (excluding diaryl/α,β-unsaturated/α-hetero) is 1. The molecule has 0 fully saturated rings. The molecule has 224 valence electrons. The first-order valence-corrected chi connectivity index (χ1v) is 13.9. The zero-order valence-corrected chi connectivity index (χ0v) is 24.5. The molecule has 1 atom stereocenters.